The number of anilines is 1. The summed E-state index contributed by atoms with van der Waals surface area (Å²) in [6.07, 6.45) is 0. The van der Waals surface area contributed by atoms with Gasteiger partial charge in [0, 0.05) is 17.8 Å². The van der Waals surface area contributed by atoms with Gasteiger partial charge in [-0.3, -0.25) is 0 Å². The highest BCUT2D eigenvalue weighted by Crippen LogP contribution is 2.27. The summed E-state index contributed by atoms with van der Waals surface area (Å²) in [6, 6.07) is 25.1. The van der Waals surface area contributed by atoms with Crippen molar-refractivity contribution >= 4 is 23.0 Å². The second-order valence-electron chi connectivity index (χ2n) is 6.22. The molecule has 2 N–H and O–H groups in total. The van der Waals surface area contributed by atoms with Crippen LogP contribution in [0.1, 0.15) is 16.7 Å². The second kappa shape index (κ2) is 7.95. The van der Waals surface area contributed by atoms with Crippen molar-refractivity contribution in [3.63, 3.8) is 0 Å². The first-order valence-corrected chi connectivity index (χ1v) is 8.79. The maximum Gasteiger partial charge on any atom is 0.171 e. The van der Waals surface area contributed by atoms with E-state index in [1.54, 1.807) is 0 Å². The summed E-state index contributed by atoms with van der Waals surface area (Å²) in [5, 5.41) is 7.26. The van der Waals surface area contributed by atoms with Gasteiger partial charge in [0.25, 0.3) is 0 Å². The highest BCUT2D eigenvalue weighted by Gasteiger charge is 2.06. The molecular formula is C22H22N2S. The molecule has 0 aliphatic rings. The van der Waals surface area contributed by atoms with Crippen LogP contribution in [0, 0.1) is 13.8 Å². The van der Waals surface area contributed by atoms with E-state index in [1.807, 2.05) is 36.4 Å². The molecule has 25 heavy (non-hydrogen) atoms. The van der Waals surface area contributed by atoms with Crippen LogP contribution in [0.25, 0.3) is 11.1 Å². The summed E-state index contributed by atoms with van der Waals surface area (Å²) < 4.78 is 0. The molecule has 126 valence electrons. The molecule has 0 amide bonds. The fraction of sp³-hybridized carbons (Fsp3) is 0.136. The molecule has 2 nitrogen and oxygen atoms in total. The lowest BCUT2D eigenvalue weighted by atomic mass is 10.0. The Bertz CT molecular complexity index is 852. The molecule has 0 heterocycles. The molecule has 0 aromatic heterocycles. The lowest BCUT2D eigenvalue weighted by molar-refractivity contribution is 0.922. The Morgan fingerprint density at radius 2 is 1.48 bits per heavy atom. The molecule has 3 heteroatoms. The van der Waals surface area contributed by atoms with Gasteiger partial charge < -0.3 is 10.6 Å². The third-order valence-corrected chi connectivity index (χ3v) is 4.24. The lowest BCUT2D eigenvalue weighted by Crippen LogP contribution is -2.28. The molecular weight excluding hydrogens is 324 g/mol. The zero-order valence-electron chi connectivity index (χ0n) is 14.5. The normalized spacial score (nSPS) is 10.3. The highest BCUT2D eigenvalue weighted by molar-refractivity contribution is 7.80. The van der Waals surface area contributed by atoms with Crippen molar-refractivity contribution in [2.24, 2.45) is 0 Å². The van der Waals surface area contributed by atoms with Crippen LogP contribution in [-0.4, -0.2) is 5.11 Å². The predicted molar refractivity (Wildman–Crippen MR) is 111 cm³/mol. The number of para-hydroxylation sites is 1. The molecule has 0 aliphatic heterocycles. The van der Waals surface area contributed by atoms with Gasteiger partial charge in [0.05, 0.1) is 0 Å². The predicted octanol–water partition coefficient (Wildman–Crippen LogP) is 5.46. The van der Waals surface area contributed by atoms with E-state index in [9.17, 15) is 0 Å². The first-order chi connectivity index (χ1) is 12.1. The summed E-state index contributed by atoms with van der Waals surface area (Å²) in [4.78, 5) is 0. The van der Waals surface area contributed by atoms with Crippen LogP contribution >= 0.6 is 12.2 Å². The van der Waals surface area contributed by atoms with Crippen molar-refractivity contribution in [2.75, 3.05) is 5.32 Å². The Hall–Kier alpha value is -2.65. The van der Waals surface area contributed by atoms with Crippen LogP contribution in [0.4, 0.5) is 5.69 Å². The Labute approximate surface area is 154 Å². The molecule has 3 aromatic rings. The molecule has 0 saturated heterocycles. The van der Waals surface area contributed by atoms with Gasteiger partial charge in [0.2, 0.25) is 0 Å². The van der Waals surface area contributed by atoms with E-state index in [2.05, 4.69) is 60.9 Å². The fourth-order valence-corrected chi connectivity index (χ4v) is 3.16. The van der Waals surface area contributed by atoms with Crippen molar-refractivity contribution in [2.45, 2.75) is 20.4 Å². The quantitative estimate of drug-likeness (QED) is 0.614. The molecule has 0 atom stereocenters. The monoisotopic (exact) mass is 346 g/mol. The number of benzene rings is 3. The van der Waals surface area contributed by atoms with Crippen molar-refractivity contribution in [3.8, 4) is 11.1 Å². The number of thiocarbonyl (C=S) groups is 1. The van der Waals surface area contributed by atoms with E-state index in [-0.39, 0.29) is 0 Å². The molecule has 0 unspecified atom stereocenters. The first-order valence-electron chi connectivity index (χ1n) is 8.38. The highest BCUT2D eigenvalue weighted by atomic mass is 32.1. The summed E-state index contributed by atoms with van der Waals surface area (Å²) in [6.45, 7) is 4.94. The molecule has 0 aliphatic carbocycles. The van der Waals surface area contributed by atoms with Crippen molar-refractivity contribution in [1.29, 1.82) is 0 Å². The first kappa shape index (κ1) is 17.2. The van der Waals surface area contributed by atoms with E-state index >= 15 is 0 Å². The lowest BCUT2D eigenvalue weighted by Gasteiger charge is -2.15. The number of hydrogen-bond donors (Lipinski definition) is 2. The van der Waals surface area contributed by atoms with Gasteiger partial charge in [-0.2, -0.15) is 0 Å². The fourth-order valence-electron chi connectivity index (χ4n) is 2.98. The van der Waals surface area contributed by atoms with Gasteiger partial charge >= 0.3 is 0 Å². The minimum Gasteiger partial charge on any atom is -0.358 e. The van der Waals surface area contributed by atoms with Crippen LogP contribution in [0.2, 0.25) is 0 Å². The zero-order valence-corrected chi connectivity index (χ0v) is 15.4. The van der Waals surface area contributed by atoms with E-state index in [4.69, 9.17) is 12.2 Å². The SMILES string of the molecule is Cc1cc(C)cc(CNC(=S)Nc2ccccc2-c2ccccc2)c1. The molecule has 0 fully saturated rings. The van der Waals surface area contributed by atoms with Gasteiger partial charge in [0.1, 0.15) is 0 Å². The Morgan fingerprint density at radius 3 is 2.20 bits per heavy atom. The molecule has 0 bridgehead atoms. The van der Waals surface area contributed by atoms with Crippen LogP contribution in [0.15, 0.2) is 72.8 Å². The molecule has 3 aromatic carbocycles. The zero-order chi connectivity index (χ0) is 17.6. The summed E-state index contributed by atoms with van der Waals surface area (Å²) >= 11 is 5.49. The van der Waals surface area contributed by atoms with Crippen molar-refractivity contribution in [3.05, 3.63) is 89.5 Å². The number of aryl methyl sites for hydroxylation is 2. The van der Waals surface area contributed by atoms with Gasteiger partial charge in [-0.15, -0.1) is 0 Å². The average molecular weight is 346 g/mol. The molecule has 0 spiro atoms. The van der Waals surface area contributed by atoms with E-state index in [1.165, 1.54) is 22.3 Å². The minimum absolute atomic E-state index is 0.627. The minimum atomic E-state index is 0.627. The number of nitrogens with one attached hydrogen (secondary N) is 2. The topological polar surface area (TPSA) is 24.1 Å². The molecule has 0 saturated carbocycles. The molecule has 0 radical (unpaired) electrons. The third kappa shape index (κ3) is 4.68. The van der Waals surface area contributed by atoms with E-state index < -0.39 is 0 Å². The van der Waals surface area contributed by atoms with Gasteiger partial charge in [-0.05, 0) is 43.3 Å². The van der Waals surface area contributed by atoms with Crippen LogP contribution in [0.5, 0.6) is 0 Å². The van der Waals surface area contributed by atoms with Gasteiger partial charge in [0.15, 0.2) is 5.11 Å². The second-order valence-corrected chi connectivity index (χ2v) is 6.62. The number of rotatable bonds is 4. The van der Waals surface area contributed by atoms with Crippen LogP contribution in [-0.2, 0) is 6.54 Å². The maximum atomic E-state index is 5.49. The Balaban J connectivity index is 1.69. The maximum absolute atomic E-state index is 5.49. The summed E-state index contributed by atoms with van der Waals surface area (Å²) in [5.74, 6) is 0. The van der Waals surface area contributed by atoms with Crippen LogP contribution in [0.3, 0.4) is 0 Å². The van der Waals surface area contributed by atoms with Crippen molar-refractivity contribution in [1.82, 2.24) is 5.32 Å². The Morgan fingerprint density at radius 1 is 0.840 bits per heavy atom. The summed E-state index contributed by atoms with van der Waals surface area (Å²) in [5.41, 5.74) is 7.08. The third-order valence-electron chi connectivity index (χ3n) is 3.99. The van der Waals surface area contributed by atoms with Crippen LogP contribution < -0.4 is 10.6 Å². The van der Waals surface area contributed by atoms with E-state index in [0.29, 0.717) is 11.7 Å². The standard InChI is InChI=1S/C22H22N2S/c1-16-12-17(2)14-18(13-16)15-23-22(25)24-21-11-7-6-10-20(21)19-8-4-3-5-9-19/h3-14H,15H2,1-2H3,(H2,23,24,25). The van der Waals surface area contributed by atoms with Gasteiger partial charge in [-0.1, -0.05) is 77.9 Å². The van der Waals surface area contributed by atoms with Gasteiger partial charge in [-0.25, -0.2) is 0 Å². The molecule has 3 rings (SSSR count). The van der Waals surface area contributed by atoms with E-state index in [0.717, 1.165) is 11.3 Å². The number of hydrogen-bond acceptors (Lipinski definition) is 1. The Kier molecular flexibility index (Phi) is 5.46. The smallest absolute Gasteiger partial charge is 0.171 e. The summed E-state index contributed by atoms with van der Waals surface area (Å²) in [7, 11) is 0. The average Bonchev–Trinajstić information content (AvgIpc) is 2.60. The largest absolute Gasteiger partial charge is 0.358 e. The van der Waals surface area contributed by atoms with Crippen molar-refractivity contribution < 1.29 is 0 Å².